The van der Waals surface area contributed by atoms with Crippen LogP contribution in [0.4, 0.5) is 0 Å². The lowest BCUT2D eigenvalue weighted by Crippen LogP contribution is -2.23. The van der Waals surface area contributed by atoms with Crippen LogP contribution in [0, 0.1) is 0 Å². The van der Waals surface area contributed by atoms with Crippen molar-refractivity contribution in [2.45, 2.75) is 109 Å². The number of likely N-dealkylation sites (N-methyl/N-ethyl adjacent to an activating group) is 1. The summed E-state index contributed by atoms with van der Waals surface area (Å²) in [6.45, 7) is 3.02. The fraction of sp³-hybridized carbons (Fsp3) is 1.00. The van der Waals surface area contributed by atoms with Gasteiger partial charge >= 0.3 is 0 Å². The Labute approximate surface area is 146 Å². The Bertz CT molecular complexity index is 190. The van der Waals surface area contributed by atoms with Gasteiger partial charge in [-0.3, -0.25) is 0 Å². The van der Waals surface area contributed by atoms with Crippen molar-refractivity contribution in [1.82, 2.24) is 5.32 Å². The average molecular weight is 336 g/mol. The molecule has 3 heteroatoms. The van der Waals surface area contributed by atoms with E-state index in [9.17, 15) is 5.11 Å². The van der Waals surface area contributed by atoms with Gasteiger partial charge in [-0.2, -0.15) is 0 Å². The van der Waals surface area contributed by atoms with Crippen molar-refractivity contribution < 1.29 is 5.11 Å². The molecule has 0 spiro atoms. The minimum Gasteiger partial charge on any atom is -0.392 e. The summed E-state index contributed by atoms with van der Waals surface area (Å²) in [4.78, 5) is 0. The molecular formula is C19H42ClNO. The SMILES string of the molecule is CCCCCCCCCCCCCCCCC(O)CNC.Cl. The molecule has 0 radical (unpaired) electrons. The van der Waals surface area contributed by atoms with E-state index in [-0.39, 0.29) is 18.5 Å². The zero-order valence-electron chi connectivity index (χ0n) is 15.2. The molecular weight excluding hydrogens is 294 g/mol. The maximum atomic E-state index is 9.58. The van der Waals surface area contributed by atoms with Crippen molar-refractivity contribution in [3.05, 3.63) is 0 Å². The Morgan fingerprint density at radius 2 is 1.05 bits per heavy atom. The first-order valence-corrected chi connectivity index (χ1v) is 9.64. The van der Waals surface area contributed by atoms with E-state index < -0.39 is 0 Å². The molecule has 1 atom stereocenters. The maximum Gasteiger partial charge on any atom is 0.0664 e. The van der Waals surface area contributed by atoms with Crippen molar-refractivity contribution in [3.8, 4) is 0 Å². The van der Waals surface area contributed by atoms with E-state index in [1.54, 1.807) is 0 Å². The Morgan fingerprint density at radius 3 is 1.41 bits per heavy atom. The number of hydrogen-bond acceptors (Lipinski definition) is 2. The van der Waals surface area contributed by atoms with Gasteiger partial charge in [-0.25, -0.2) is 0 Å². The van der Waals surface area contributed by atoms with E-state index in [0.29, 0.717) is 0 Å². The van der Waals surface area contributed by atoms with Crippen LogP contribution < -0.4 is 5.32 Å². The van der Waals surface area contributed by atoms with E-state index in [0.717, 1.165) is 13.0 Å². The van der Waals surface area contributed by atoms with Gasteiger partial charge in [-0.1, -0.05) is 96.8 Å². The number of nitrogens with one attached hydrogen (secondary N) is 1. The van der Waals surface area contributed by atoms with Crippen molar-refractivity contribution in [3.63, 3.8) is 0 Å². The molecule has 0 aliphatic carbocycles. The Hall–Kier alpha value is 0.210. The third-order valence-electron chi connectivity index (χ3n) is 4.33. The summed E-state index contributed by atoms with van der Waals surface area (Å²) < 4.78 is 0. The summed E-state index contributed by atoms with van der Waals surface area (Å²) in [5.74, 6) is 0. The highest BCUT2D eigenvalue weighted by molar-refractivity contribution is 5.85. The molecule has 0 aliphatic heterocycles. The zero-order valence-corrected chi connectivity index (χ0v) is 16.1. The topological polar surface area (TPSA) is 32.3 Å². The molecule has 0 fully saturated rings. The molecule has 22 heavy (non-hydrogen) atoms. The predicted molar refractivity (Wildman–Crippen MR) is 102 cm³/mol. The second kappa shape index (κ2) is 21.2. The smallest absolute Gasteiger partial charge is 0.0664 e. The third kappa shape index (κ3) is 20.2. The van der Waals surface area contributed by atoms with Crippen molar-refractivity contribution in [1.29, 1.82) is 0 Å². The van der Waals surface area contributed by atoms with Crippen LogP contribution in [0.2, 0.25) is 0 Å². The van der Waals surface area contributed by atoms with Gasteiger partial charge in [0, 0.05) is 6.54 Å². The molecule has 0 rings (SSSR count). The quantitative estimate of drug-likeness (QED) is 0.326. The number of halogens is 1. The largest absolute Gasteiger partial charge is 0.392 e. The van der Waals surface area contributed by atoms with Crippen LogP contribution in [-0.4, -0.2) is 24.8 Å². The Morgan fingerprint density at radius 1 is 0.682 bits per heavy atom. The van der Waals surface area contributed by atoms with Crippen LogP contribution in [0.25, 0.3) is 0 Å². The highest BCUT2D eigenvalue weighted by atomic mass is 35.5. The lowest BCUT2D eigenvalue weighted by molar-refractivity contribution is 0.160. The summed E-state index contributed by atoms with van der Waals surface area (Å²) in [5, 5.41) is 12.6. The van der Waals surface area contributed by atoms with E-state index in [4.69, 9.17) is 0 Å². The van der Waals surface area contributed by atoms with Crippen LogP contribution >= 0.6 is 12.4 Å². The molecule has 1 unspecified atom stereocenters. The number of hydrogen-bond donors (Lipinski definition) is 2. The number of unbranched alkanes of at least 4 members (excludes halogenated alkanes) is 13. The normalized spacial score (nSPS) is 12.1. The van der Waals surface area contributed by atoms with Crippen molar-refractivity contribution in [2.75, 3.05) is 13.6 Å². The molecule has 0 aromatic rings. The number of rotatable bonds is 17. The lowest BCUT2D eigenvalue weighted by atomic mass is 10.0. The van der Waals surface area contributed by atoms with Crippen LogP contribution in [0.3, 0.4) is 0 Å². The fourth-order valence-electron chi connectivity index (χ4n) is 2.91. The standard InChI is InChI=1S/C19H41NO.ClH/c1-3-4-5-6-7-8-9-10-11-12-13-14-15-16-17-19(21)18-20-2;/h19-21H,3-18H2,1-2H3;1H. The molecule has 0 aliphatic rings. The average Bonchev–Trinajstić information content (AvgIpc) is 2.48. The molecule has 136 valence electrons. The van der Waals surface area contributed by atoms with Crippen LogP contribution in [-0.2, 0) is 0 Å². The second-order valence-electron chi connectivity index (χ2n) is 6.60. The van der Waals surface area contributed by atoms with Gasteiger partial charge in [0.15, 0.2) is 0 Å². The molecule has 2 nitrogen and oxygen atoms in total. The summed E-state index contributed by atoms with van der Waals surface area (Å²) in [5.41, 5.74) is 0. The molecule has 2 N–H and O–H groups in total. The maximum absolute atomic E-state index is 9.58. The monoisotopic (exact) mass is 335 g/mol. The fourth-order valence-corrected chi connectivity index (χ4v) is 2.91. The van der Waals surface area contributed by atoms with E-state index in [1.807, 2.05) is 7.05 Å². The Balaban J connectivity index is 0. The number of aliphatic hydroxyl groups is 1. The first-order valence-electron chi connectivity index (χ1n) is 9.64. The molecule has 0 saturated heterocycles. The summed E-state index contributed by atoms with van der Waals surface area (Å²) in [6.07, 6.45) is 20.3. The molecule has 0 bridgehead atoms. The van der Waals surface area contributed by atoms with Gasteiger partial charge in [-0.05, 0) is 13.5 Å². The third-order valence-corrected chi connectivity index (χ3v) is 4.33. The molecule has 0 saturated carbocycles. The second-order valence-corrected chi connectivity index (χ2v) is 6.60. The van der Waals surface area contributed by atoms with Crippen molar-refractivity contribution >= 4 is 12.4 Å². The highest BCUT2D eigenvalue weighted by Crippen LogP contribution is 2.13. The van der Waals surface area contributed by atoms with Crippen LogP contribution in [0.15, 0.2) is 0 Å². The highest BCUT2D eigenvalue weighted by Gasteiger charge is 2.01. The number of aliphatic hydroxyl groups excluding tert-OH is 1. The molecule has 0 amide bonds. The van der Waals surface area contributed by atoms with Gasteiger partial charge in [0.1, 0.15) is 0 Å². The van der Waals surface area contributed by atoms with Gasteiger partial charge in [0.25, 0.3) is 0 Å². The van der Waals surface area contributed by atoms with Gasteiger partial charge < -0.3 is 10.4 Å². The van der Waals surface area contributed by atoms with E-state index >= 15 is 0 Å². The van der Waals surface area contributed by atoms with Crippen LogP contribution in [0.5, 0.6) is 0 Å². The van der Waals surface area contributed by atoms with Crippen molar-refractivity contribution in [2.24, 2.45) is 0 Å². The molecule has 0 aromatic carbocycles. The van der Waals surface area contributed by atoms with Gasteiger partial charge in [-0.15, -0.1) is 12.4 Å². The van der Waals surface area contributed by atoms with E-state index in [2.05, 4.69) is 12.2 Å². The van der Waals surface area contributed by atoms with E-state index in [1.165, 1.54) is 89.9 Å². The summed E-state index contributed by atoms with van der Waals surface area (Å²) >= 11 is 0. The zero-order chi connectivity index (χ0) is 15.6. The van der Waals surface area contributed by atoms with Gasteiger partial charge in [0.2, 0.25) is 0 Å². The summed E-state index contributed by atoms with van der Waals surface area (Å²) in [6, 6.07) is 0. The molecule has 0 heterocycles. The Kier molecular flexibility index (Phi) is 23.6. The van der Waals surface area contributed by atoms with Crippen LogP contribution in [0.1, 0.15) is 103 Å². The molecule has 0 aromatic heterocycles. The minimum absolute atomic E-state index is 0. The first kappa shape index (κ1) is 24.5. The summed E-state index contributed by atoms with van der Waals surface area (Å²) in [7, 11) is 1.90. The first-order chi connectivity index (χ1) is 10.3. The lowest BCUT2D eigenvalue weighted by Gasteiger charge is -2.09. The minimum atomic E-state index is -0.146. The van der Waals surface area contributed by atoms with Gasteiger partial charge in [0.05, 0.1) is 6.10 Å². The predicted octanol–water partition coefficient (Wildman–Crippen LogP) is 5.86.